The van der Waals surface area contributed by atoms with E-state index < -0.39 is 0 Å². The van der Waals surface area contributed by atoms with Gasteiger partial charge >= 0.3 is 0 Å². The van der Waals surface area contributed by atoms with Crippen LogP contribution in [0.15, 0.2) is 65.0 Å². The Bertz CT molecular complexity index is 1440. The Balaban J connectivity index is 1.46. The Morgan fingerprint density at radius 2 is 1.90 bits per heavy atom. The molecule has 0 saturated carbocycles. The Hall–Kier alpha value is -3.45. The second kappa shape index (κ2) is 6.86. The lowest BCUT2D eigenvalue weighted by Crippen LogP contribution is -2.27. The predicted octanol–water partition coefficient (Wildman–Crippen LogP) is 4.22. The normalized spacial score (nSPS) is 11.5. The van der Waals surface area contributed by atoms with Gasteiger partial charge < -0.3 is 9.88 Å². The van der Waals surface area contributed by atoms with E-state index in [2.05, 4.69) is 33.9 Å². The lowest BCUT2D eigenvalue weighted by Gasteiger charge is -2.08. The zero-order valence-corrected chi connectivity index (χ0v) is 16.6. The Morgan fingerprint density at radius 3 is 2.76 bits per heavy atom. The summed E-state index contributed by atoms with van der Waals surface area (Å²) in [5, 5.41) is 7.53. The molecule has 0 bridgehead atoms. The minimum Gasteiger partial charge on any atom is -0.341 e. The lowest BCUT2D eigenvalue weighted by atomic mass is 10.1. The monoisotopic (exact) mass is 402 g/mol. The standard InChI is InChI=1S/C22H18N4O2S/c1-2-26-18-6-4-3-5-15(18)17-11-14(7-8-19(17)26)24-20(27)12-25-13-23-21-16(22(25)28)9-10-29-21/h3-11,13H,2,12H2,1H3,(H,24,27). The third-order valence-electron chi connectivity index (χ3n) is 5.14. The van der Waals surface area contributed by atoms with E-state index in [1.54, 1.807) is 6.07 Å². The fourth-order valence-corrected chi connectivity index (χ4v) is 4.56. The van der Waals surface area contributed by atoms with E-state index in [0.717, 1.165) is 22.8 Å². The van der Waals surface area contributed by atoms with Crippen molar-refractivity contribution < 1.29 is 4.79 Å². The smallest absolute Gasteiger partial charge is 0.262 e. The van der Waals surface area contributed by atoms with Crippen molar-refractivity contribution in [1.29, 1.82) is 0 Å². The molecule has 2 aromatic carbocycles. The molecule has 5 rings (SSSR count). The number of nitrogens with zero attached hydrogens (tertiary/aromatic N) is 3. The molecular weight excluding hydrogens is 384 g/mol. The van der Waals surface area contributed by atoms with Crippen LogP contribution in [0.1, 0.15) is 6.92 Å². The van der Waals surface area contributed by atoms with Crippen molar-refractivity contribution >= 4 is 55.0 Å². The first-order valence-electron chi connectivity index (χ1n) is 9.39. The first kappa shape index (κ1) is 17.6. The molecule has 5 aromatic rings. The third-order valence-corrected chi connectivity index (χ3v) is 5.96. The highest BCUT2D eigenvalue weighted by Crippen LogP contribution is 2.30. The highest BCUT2D eigenvalue weighted by Gasteiger charge is 2.12. The zero-order valence-electron chi connectivity index (χ0n) is 15.8. The van der Waals surface area contributed by atoms with Gasteiger partial charge in [-0.3, -0.25) is 14.2 Å². The molecule has 1 amide bonds. The highest BCUT2D eigenvalue weighted by molar-refractivity contribution is 7.16. The van der Waals surface area contributed by atoms with Crippen LogP contribution < -0.4 is 10.9 Å². The molecule has 0 atom stereocenters. The van der Waals surface area contributed by atoms with Gasteiger partial charge in [-0.15, -0.1) is 11.3 Å². The number of carbonyl (C=O) groups is 1. The van der Waals surface area contributed by atoms with Crippen molar-refractivity contribution in [2.75, 3.05) is 5.32 Å². The Kier molecular flexibility index (Phi) is 4.17. The fraction of sp³-hybridized carbons (Fsp3) is 0.136. The van der Waals surface area contributed by atoms with Crippen molar-refractivity contribution in [1.82, 2.24) is 14.1 Å². The van der Waals surface area contributed by atoms with Crippen LogP contribution in [0.4, 0.5) is 5.69 Å². The van der Waals surface area contributed by atoms with Gasteiger partial charge in [-0.2, -0.15) is 0 Å². The van der Waals surface area contributed by atoms with Crippen molar-refractivity contribution in [2.45, 2.75) is 20.0 Å². The number of benzene rings is 2. The maximum absolute atomic E-state index is 12.6. The molecule has 3 aromatic heterocycles. The van der Waals surface area contributed by atoms with E-state index in [9.17, 15) is 9.59 Å². The second-order valence-electron chi connectivity index (χ2n) is 6.86. The summed E-state index contributed by atoms with van der Waals surface area (Å²) in [6, 6.07) is 15.9. The SMILES string of the molecule is CCn1c2ccccc2c2cc(NC(=O)Cn3cnc4sccc4c3=O)ccc21. The summed E-state index contributed by atoms with van der Waals surface area (Å²) in [6.45, 7) is 2.92. The fourth-order valence-electron chi connectivity index (χ4n) is 3.83. The molecule has 0 saturated heterocycles. The van der Waals surface area contributed by atoms with Crippen LogP contribution in [-0.4, -0.2) is 20.0 Å². The number of rotatable bonds is 4. The number of nitrogens with one attached hydrogen (secondary N) is 1. The summed E-state index contributed by atoms with van der Waals surface area (Å²) in [5.74, 6) is -0.262. The van der Waals surface area contributed by atoms with Crippen LogP contribution in [0.2, 0.25) is 0 Å². The molecule has 0 aliphatic carbocycles. The maximum atomic E-state index is 12.6. The first-order valence-corrected chi connectivity index (χ1v) is 10.3. The van der Waals surface area contributed by atoms with Crippen LogP contribution >= 0.6 is 11.3 Å². The molecule has 0 fully saturated rings. The number of fused-ring (bicyclic) bond motifs is 4. The van der Waals surface area contributed by atoms with Gasteiger partial charge in [0.2, 0.25) is 5.91 Å². The van der Waals surface area contributed by atoms with E-state index in [-0.39, 0.29) is 18.0 Å². The van der Waals surface area contributed by atoms with Gasteiger partial charge in [0.05, 0.1) is 11.7 Å². The average Bonchev–Trinajstić information content (AvgIpc) is 3.33. The molecule has 0 spiro atoms. The van der Waals surface area contributed by atoms with Crippen LogP contribution in [0.5, 0.6) is 0 Å². The molecule has 0 aliphatic heterocycles. The second-order valence-corrected chi connectivity index (χ2v) is 7.75. The molecule has 0 radical (unpaired) electrons. The van der Waals surface area contributed by atoms with Crippen LogP contribution in [0, 0.1) is 0 Å². The average molecular weight is 402 g/mol. The van der Waals surface area contributed by atoms with Gasteiger partial charge in [0.1, 0.15) is 11.4 Å². The number of anilines is 1. The summed E-state index contributed by atoms with van der Waals surface area (Å²) < 4.78 is 3.60. The van der Waals surface area contributed by atoms with Crippen molar-refractivity contribution in [3.63, 3.8) is 0 Å². The van der Waals surface area contributed by atoms with Crippen molar-refractivity contribution in [3.8, 4) is 0 Å². The summed E-state index contributed by atoms with van der Waals surface area (Å²) in [5.41, 5.74) is 2.82. The molecule has 6 nitrogen and oxygen atoms in total. The van der Waals surface area contributed by atoms with Crippen LogP contribution in [0.3, 0.4) is 0 Å². The zero-order chi connectivity index (χ0) is 20.0. The summed E-state index contributed by atoms with van der Waals surface area (Å²) >= 11 is 1.41. The van der Waals surface area contributed by atoms with Crippen LogP contribution in [-0.2, 0) is 17.9 Å². The molecular formula is C22H18N4O2S. The van der Waals surface area contributed by atoms with E-state index in [0.29, 0.717) is 15.9 Å². The molecule has 144 valence electrons. The minimum atomic E-state index is -0.262. The van der Waals surface area contributed by atoms with Crippen LogP contribution in [0.25, 0.3) is 32.0 Å². The quantitative estimate of drug-likeness (QED) is 0.489. The Labute approximate surface area is 170 Å². The van der Waals surface area contributed by atoms with Gasteiger partial charge in [0.25, 0.3) is 5.56 Å². The number of aromatic nitrogens is 3. The first-order chi connectivity index (χ1) is 14.2. The van der Waals surface area contributed by atoms with Gasteiger partial charge in [0.15, 0.2) is 0 Å². The highest BCUT2D eigenvalue weighted by atomic mass is 32.1. The van der Waals surface area contributed by atoms with E-state index in [1.165, 1.54) is 27.7 Å². The molecule has 0 unspecified atom stereocenters. The van der Waals surface area contributed by atoms with Gasteiger partial charge in [0, 0.05) is 34.0 Å². The molecule has 0 aliphatic rings. The molecule has 1 N–H and O–H groups in total. The van der Waals surface area contributed by atoms with E-state index in [1.807, 2.05) is 35.7 Å². The summed E-state index contributed by atoms with van der Waals surface area (Å²) in [6.07, 6.45) is 1.43. The summed E-state index contributed by atoms with van der Waals surface area (Å²) in [7, 11) is 0. The van der Waals surface area contributed by atoms with E-state index in [4.69, 9.17) is 0 Å². The number of thiophene rings is 1. The van der Waals surface area contributed by atoms with Crippen molar-refractivity contribution in [2.24, 2.45) is 0 Å². The summed E-state index contributed by atoms with van der Waals surface area (Å²) in [4.78, 5) is 30.0. The lowest BCUT2D eigenvalue weighted by molar-refractivity contribution is -0.116. The number of carbonyl (C=O) groups excluding carboxylic acids is 1. The third kappa shape index (κ3) is 2.91. The largest absolute Gasteiger partial charge is 0.341 e. The Morgan fingerprint density at radius 1 is 1.07 bits per heavy atom. The molecule has 3 heterocycles. The van der Waals surface area contributed by atoms with Gasteiger partial charge in [-0.05, 0) is 42.6 Å². The van der Waals surface area contributed by atoms with Crippen molar-refractivity contribution in [3.05, 3.63) is 70.6 Å². The maximum Gasteiger partial charge on any atom is 0.262 e. The number of aryl methyl sites for hydroxylation is 1. The molecule has 7 heteroatoms. The number of hydrogen-bond donors (Lipinski definition) is 1. The topological polar surface area (TPSA) is 68.9 Å². The van der Waals surface area contributed by atoms with E-state index >= 15 is 0 Å². The number of amides is 1. The van der Waals surface area contributed by atoms with Gasteiger partial charge in [-0.1, -0.05) is 18.2 Å². The predicted molar refractivity (Wildman–Crippen MR) is 118 cm³/mol. The molecule has 29 heavy (non-hydrogen) atoms. The number of para-hydroxylation sites is 1. The minimum absolute atomic E-state index is 0.0770. The van der Waals surface area contributed by atoms with Gasteiger partial charge in [-0.25, -0.2) is 4.98 Å². The number of hydrogen-bond acceptors (Lipinski definition) is 4.